The molecule has 19 heavy (non-hydrogen) atoms. The van der Waals surface area contributed by atoms with Crippen molar-refractivity contribution >= 4 is 12.0 Å². The van der Waals surface area contributed by atoms with Crippen molar-refractivity contribution in [2.24, 2.45) is 0 Å². The van der Waals surface area contributed by atoms with Gasteiger partial charge in [0.15, 0.2) is 17.8 Å². The fourth-order valence-corrected chi connectivity index (χ4v) is 1.67. The van der Waals surface area contributed by atoms with Crippen molar-refractivity contribution in [3.05, 3.63) is 57.5 Å². The van der Waals surface area contributed by atoms with E-state index in [-0.39, 0.29) is 23.8 Å². The predicted molar refractivity (Wildman–Crippen MR) is 66.3 cm³/mol. The Morgan fingerprint density at radius 1 is 1.37 bits per heavy atom. The second kappa shape index (κ2) is 5.34. The fraction of sp³-hybridized carbons (Fsp3) is 0.154. The highest BCUT2D eigenvalue weighted by atomic mass is 16.6. The molecule has 0 aliphatic heterocycles. The topological polar surface area (TPSA) is 82.6 Å². The molecule has 0 fully saturated rings. The Hall–Kier alpha value is -2.63. The number of aldehydes is 1. The molecular weight excluding hydrogens is 250 g/mol. The smallest absolute Gasteiger partial charge is 0.313 e. The molecular formula is C13H11NO5. The molecule has 0 aliphatic carbocycles. The molecule has 0 radical (unpaired) electrons. The molecule has 1 aromatic carbocycles. The molecule has 6 nitrogen and oxygen atoms in total. The number of aryl methyl sites for hydroxylation is 1. The van der Waals surface area contributed by atoms with E-state index in [9.17, 15) is 14.9 Å². The first-order chi connectivity index (χ1) is 9.11. The van der Waals surface area contributed by atoms with Crippen molar-refractivity contribution in [3.63, 3.8) is 0 Å². The summed E-state index contributed by atoms with van der Waals surface area (Å²) in [5.74, 6) is 0.796. The van der Waals surface area contributed by atoms with Crippen LogP contribution in [0.4, 0.5) is 5.69 Å². The number of ether oxygens (including phenoxy) is 1. The standard InChI is InChI=1S/C13H11NO5/c1-9-3-2-4-12(13(9)14(16)17)18-8-11-6-5-10(7-15)19-11/h2-7H,8H2,1H3. The summed E-state index contributed by atoms with van der Waals surface area (Å²) in [7, 11) is 0. The van der Waals surface area contributed by atoms with Crippen molar-refractivity contribution in [1.29, 1.82) is 0 Å². The summed E-state index contributed by atoms with van der Waals surface area (Å²) in [6, 6.07) is 7.94. The van der Waals surface area contributed by atoms with E-state index >= 15 is 0 Å². The Bertz CT molecular complexity index is 617. The third-order valence-electron chi connectivity index (χ3n) is 2.55. The van der Waals surface area contributed by atoms with Crippen molar-refractivity contribution in [2.45, 2.75) is 13.5 Å². The number of carbonyl (C=O) groups excluding carboxylic acids is 1. The van der Waals surface area contributed by atoms with Gasteiger partial charge in [-0.25, -0.2) is 0 Å². The van der Waals surface area contributed by atoms with Crippen molar-refractivity contribution in [3.8, 4) is 5.75 Å². The normalized spacial score (nSPS) is 10.2. The van der Waals surface area contributed by atoms with E-state index in [1.807, 2.05) is 0 Å². The van der Waals surface area contributed by atoms with Gasteiger partial charge in [0.2, 0.25) is 0 Å². The largest absolute Gasteiger partial charge is 0.479 e. The highest BCUT2D eigenvalue weighted by Gasteiger charge is 2.18. The third kappa shape index (κ3) is 2.79. The van der Waals surface area contributed by atoms with Crippen molar-refractivity contribution < 1.29 is 18.9 Å². The van der Waals surface area contributed by atoms with Gasteiger partial charge in [0, 0.05) is 5.56 Å². The summed E-state index contributed by atoms with van der Waals surface area (Å²) < 4.78 is 10.5. The van der Waals surface area contributed by atoms with Crippen LogP contribution in [0, 0.1) is 17.0 Å². The van der Waals surface area contributed by atoms with Gasteiger partial charge >= 0.3 is 5.69 Å². The Morgan fingerprint density at radius 2 is 2.16 bits per heavy atom. The summed E-state index contributed by atoms with van der Waals surface area (Å²) in [5, 5.41) is 11.0. The van der Waals surface area contributed by atoms with E-state index < -0.39 is 4.92 Å². The lowest BCUT2D eigenvalue weighted by Crippen LogP contribution is -1.99. The summed E-state index contributed by atoms with van der Waals surface area (Å²) in [4.78, 5) is 20.9. The molecule has 6 heteroatoms. The number of hydrogen-bond acceptors (Lipinski definition) is 5. The lowest BCUT2D eigenvalue weighted by atomic mass is 10.2. The minimum Gasteiger partial charge on any atom is -0.479 e. The molecule has 0 unspecified atom stereocenters. The Morgan fingerprint density at radius 3 is 2.79 bits per heavy atom. The fourth-order valence-electron chi connectivity index (χ4n) is 1.67. The van der Waals surface area contributed by atoms with Crippen LogP contribution in [0.5, 0.6) is 5.75 Å². The highest BCUT2D eigenvalue weighted by Crippen LogP contribution is 2.30. The van der Waals surface area contributed by atoms with Gasteiger partial charge in [0.25, 0.3) is 0 Å². The zero-order chi connectivity index (χ0) is 13.8. The maximum Gasteiger partial charge on any atom is 0.313 e. The molecule has 98 valence electrons. The quantitative estimate of drug-likeness (QED) is 0.469. The summed E-state index contributed by atoms with van der Waals surface area (Å²) >= 11 is 0. The number of carbonyl (C=O) groups is 1. The maximum atomic E-state index is 11.0. The van der Waals surface area contributed by atoms with Crippen LogP contribution in [0.3, 0.4) is 0 Å². The van der Waals surface area contributed by atoms with E-state index in [2.05, 4.69) is 0 Å². The molecule has 1 heterocycles. The molecule has 0 amide bonds. The van der Waals surface area contributed by atoms with E-state index in [0.717, 1.165) is 0 Å². The lowest BCUT2D eigenvalue weighted by molar-refractivity contribution is -0.386. The van der Waals surface area contributed by atoms with Crippen LogP contribution in [0.15, 0.2) is 34.7 Å². The summed E-state index contributed by atoms with van der Waals surface area (Å²) in [6.45, 7) is 1.67. The Balaban J connectivity index is 2.17. The molecule has 0 aliphatic rings. The van der Waals surface area contributed by atoms with E-state index in [0.29, 0.717) is 17.6 Å². The second-order valence-corrected chi connectivity index (χ2v) is 3.89. The van der Waals surface area contributed by atoms with Crippen molar-refractivity contribution in [1.82, 2.24) is 0 Å². The van der Waals surface area contributed by atoms with E-state index in [4.69, 9.17) is 9.15 Å². The van der Waals surface area contributed by atoms with Crippen LogP contribution in [-0.2, 0) is 6.61 Å². The first kappa shape index (κ1) is 12.8. The van der Waals surface area contributed by atoms with Crippen LogP contribution < -0.4 is 4.74 Å². The van der Waals surface area contributed by atoms with Gasteiger partial charge in [-0.15, -0.1) is 0 Å². The first-order valence-electron chi connectivity index (χ1n) is 5.52. The van der Waals surface area contributed by atoms with Gasteiger partial charge < -0.3 is 9.15 Å². The number of rotatable bonds is 5. The average molecular weight is 261 g/mol. The molecule has 0 bridgehead atoms. The molecule has 0 saturated heterocycles. The average Bonchev–Trinajstić information content (AvgIpc) is 2.83. The van der Waals surface area contributed by atoms with Crippen LogP contribution in [0.25, 0.3) is 0 Å². The number of nitrogens with zero attached hydrogens (tertiary/aromatic N) is 1. The SMILES string of the molecule is Cc1cccc(OCc2ccc(C=O)o2)c1[N+](=O)[O-]. The molecule has 1 aromatic heterocycles. The van der Waals surface area contributed by atoms with Crippen molar-refractivity contribution in [2.75, 3.05) is 0 Å². The number of para-hydroxylation sites is 1. The van der Waals surface area contributed by atoms with Gasteiger partial charge in [-0.3, -0.25) is 14.9 Å². The van der Waals surface area contributed by atoms with Crippen LogP contribution >= 0.6 is 0 Å². The van der Waals surface area contributed by atoms with Crippen LogP contribution in [0.2, 0.25) is 0 Å². The van der Waals surface area contributed by atoms with Gasteiger partial charge in [0.05, 0.1) is 4.92 Å². The zero-order valence-corrected chi connectivity index (χ0v) is 10.2. The maximum absolute atomic E-state index is 11.0. The molecule has 0 spiro atoms. The summed E-state index contributed by atoms with van der Waals surface area (Å²) in [6.07, 6.45) is 0.582. The third-order valence-corrected chi connectivity index (χ3v) is 2.55. The van der Waals surface area contributed by atoms with Crippen LogP contribution in [-0.4, -0.2) is 11.2 Å². The Kier molecular flexibility index (Phi) is 3.61. The number of nitro groups is 1. The molecule has 0 N–H and O–H groups in total. The highest BCUT2D eigenvalue weighted by molar-refractivity contribution is 5.70. The van der Waals surface area contributed by atoms with Gasteiger partial charge in [-0.2, -0.15) is 0 Å². The first-order valence-corrected chi connectivity index (χ1v) is 5.52. The van der Waals surface area contributed by atoms with Gasteiger partial charge in [0.1, 0.15) is 12.4 Å². The number of nitro benzene ring substituents is 1. The number of furan rings is 1. The number of hydrogen-bond donors (Lipinski definition) is 0. The molecule has 0 saturated carbocycles. The van der Waals surface area contributed by atoms with E-state index in [1.165, 1.54) is 12.1 Å². The predicted octanol–water partition coefficient (Wildman–Crippen LogP) is 2.89. The number of benzene rings is 1. The molecule has 2 aromatic rings. The lowest BCUT2D eigenvalue weighted by Gasteiger charge is -2.06. The monoisotopic (exact) mass is 261 g/mol. The minimum atomic E-state index is -0.482. The van der Waals surface area contributed by atoms with Gasteiger partial charge in [-0.05, 0) is 25.1 Å². The Labute approximate surface area is 108 Å². The van der Waals surface area contributed by atoms with Crippen LogP contribution in [0.1, 0.15) is 21.9 Å². The second-order valence-electron chi connectivity index (χ2n) is 3.89. The summed E-state index contributed by atoms with van der Waals surface area (Å²) in [5.41, 5.74) is 0.459. The molecule has 2 rings (SSSR count). The van der Waals surface area contributed by atoms with E-state index in [1.54, 1.807) is 25.1 Å². The molecule has 0 atom stereocenters. The van der Waals surface area contributed by atoms with Gasteiger partial charge in [-0.1, -0.05) is 12.1 Å². The minimum absolute atomic E-state index is 0.0259. The zero-order valence-electron chi connectivity index (χ0n) is 10.2.